The predicted molar refractivity (Wildman–Crippen MR) is 139 cm³/mol. The van der Waals surface area contributed by atoms with Gasteiger partial charge < -0.3 is 31.2 Å². The zero-order chi connectivity index (χ0) is 26.8. The van der Waals surface area contributed by atoms with E-state index in [0.29, 0.717) is 29.0 Å². The second-order valence-corrected chi connectivity index (χ2v) is 11.6. The zero-order valence-corrected chi connectivity index (χ0v) is 21.8. The molecule has 5 rings (SSSR count). The van der Waals surface area contributed by atoms with E-state index in [4.69, 9.17) is 11.1 Å². The van der Waals surface area contributed by atoms with Crippen LogP contribution in [0.5, 0.6) is 0 Å². The summed E-state index contributed by atoms with van der Waals surface area (Å²) >= 11 is 0. The molecule has 3 fully saturated rings. The Balaban J connectivity index is 1.46. The van der Waals surface area contributed by atoms with Crippen LogP contribution in [-0.4, -0.2) is 93.5 Å². The van der Waals surface area contributed by atoms with Gasteiger partial charge in [-0.3, -0.25) is 9.67 Å². The van der Waals surface area contributed by atoms with Crippen molar-refractivity contribution in [1.29, 1.82) is 5.41 Å². The van der Waals surface area contributed by atoms with E-state index < -0.39 is 11.3 Å². The number of hydrogen-bond donors (Lipinski definition) is 3. The number of amides is 2. The molecule has 0 bridgehead atoms. The van der Waals surface area contributed by atoms with E-state index >= 15 is 0 Å². The maximum Gasteiger partial charge on any atom is 0.322 e. The number of anilines is 1. The zero-order valence-electron chi connectivity index (χ0n) is 21.8. The summed E-state index contributed by atoms with van der Waals surface area (Å²) in [6.45, 7) is 7.05. The second kappa shape index (κ2) is 8.64. The van der Waals surface area contributed by atoms with E-state index in [1.165, 1.54) is 20.8 Å². The summed E-state index contributed by atoms with van der Waals surface area (Å²) < 4.78 is 30.3. The number of carbonyl (C=O) groups is 1. The van der Waals surface area contributed by atoms with Gasteiger partial charge in [-0.1, -0.05) is 0 Å². The van der Waals surface area contributed by atoms with Crippen LogP contribution in [0.25, 0.3) is 16.6 Å². The molecule has 2 aromatic rings. The monoisotopic (exact) mass is 515 g/mol. The van der Waals surface area contributed by atoms with Crippen molar-refractivity contribution in [2.24, 2.45) is 5.73 Å². The number of carbonyl (C=O) groups excluding carboxylic acids is 1. The highest BCUT2D eigenvalue weighted by molar-refractivity contribution is 5.96. The van der Waals surface area contributed by atoms with Crippen LogP contribution in [0.2, 0.25) is 0 Å². The molecule has 4 heterocycles. The first-order chi connectivity index (χ1) is 17.3. The van der Waals surface area contributed by atoms with Gasteiger partial charge >= 0.3 is 6.03 Å². The smallest absolute Gasteiger partial charge is 0.322 e. The third-order valence-electron chi connectivity index (χ3n) is 7.35. The van der Waals surface area contributed by atoms with Gasteiger partial charge in [0.15, 0.2) is 5.82 Å². The second-order valence-electron chi connectivity index (χ2n) is 11.6. The van der Waals surface area contributed by atoms with Crippen molar-refractivity contribution in [3.05, 3.63) is 23.7 Å². The Hall–Kier alpha value is -3.28. The summed E-state index contributed by atoms with van der Waals surface area (Å²) in [6, 6.07) is 1.39. The number of urea groups is 1. The van der Waals surface area contributed by atoms with Gasteiger partial charge in [-0.05, 0) is 46.7 Å². The van der Waals surface area contributed by atoms with Gasteiger partial charge in [-0.2, -0.15) is 5.10 Å². The number of nitrogens with one attached hydrogen (secondary N) is 2. The minimum Gasteiger partial charge on any atom is -0.395 e. The lowest BCUT2D eigenvalue weighted by molar-refractivity contribution is 0.0975. The molecule has 0 aromatic carbocycles. The molecular weight excluding hydrogens is 480 g/mol. The summed E-state index contributed by atoms with van der Waals surface area (Å²) in [7, 11) is 2.05. The standard InChI is InChI=1S/C25H35F2N9O/c1-23(2,26)12-36-19-9-17(30-11-16(19)21(32-36)34-13-24(3,27)14-34)20(29)18(10-28)31-22(37)35-8-7-33(4)15-25(35)5-6-25/h9-11,28H,5-8,12-15,29H2,1-4H3,(H,31,37)/b20-18+,28-10?. The van der Waals surface area contributed by atoms with Crippen LogP contribution in [0.4, 0.5) is 19.4 Å². The SMILES string of the molecule is CN1CCN(C(=O)N/C(C=N)=C(/N)c2cc3c(cn2)c(N2CC(C)(F)C2)nn3CC(C)(C)F)C2(CC2)C1. The molecule has 2 saturated heterocycles. The van der Waals surface area contributed by atoms with Crippen LogP contribution in [0.3, 0.4) is 0 Å². The Kier molecular flexibility index (Phi) is 5.93. The fourth-order valence-corrected chi connectivity index (χ4v) is 5.38. The van der Waals surface area contributed by atoms with Gasteiger partial charge in [0, 0.05) is 32.0 Å². The number of piperazine rings is 1. The highest BCUT2D eigenvalue weighted by Gasteiger charge is 2.52. The van der Waals surface area contributed by atoms with E-state index in [2.05, 4.69) is 27.3 Å². The van der Waals surface area contributed by atoms with Crippen molar-refractivity contribution in [2.45, 2.75) is 57.0 Å². The third-order valence-corrected chi connectivity index (χ3v) is 7.35. The number of fused-ring (bicyclic) bond motifs is 1. The number of allylic oxidation sites excluding steroid dienone is 1. The lowest BCUT2D eigenvalue weighted by Gasteiger charge is -2.42. The largest absolute Gasteiger partial charge is 0.395 e. The normalized spacial score (nSPS) is 21.6. The number of likely N-dealkylation sites (N-methyl/N-ethyl adjacent to an activating group) is 1. The van der Waals surface area contributed by atoms with E-state index in [1.54, 1.807) is 21.8 Å². The number of nitrogens with two attached hydrogens (primary N) is 1. The number of aromatic nitrogens is 3. The molecule has 0 radical (unpaired) electrons. The number of rotatable bonds is 6. The average molecular weight is 516 g/mol. The molecule has 3 aliphatic rings. The third kappa shape index (κ3) is 4.86. The van der Waals surface area contributed by atoms with Gasteiger partial charge in [0.25, 0.3) is 0 Å². The Bertz CT molecular complexity index is 1270. The minimum absolute atomic E-state index is 0.0169. The molecule has 1 spiro atoms. The van der Waals surface area contributed by atoms with Crippen LogP contribution < -0.4 is 16.0 Å². The Morgan fingerprint density at radius 1 is 1.30 bits per heavy atom. The minimum atomic E-state index is -1.54. The van der Waals surface area contributed by atoms with Gasteiger partial charge in [0.1, 0.15) is 11.3 Å². The average Bonchev–Trinajstić information content (AvgIpc) is 3.46. The molecular formula is C25H35F2N9O. The Morgan fingerprint density at radius 2 is 2.00 bits per heavy atom. The summed E-state index contributed by atoms with van der Waals surface area (Å²) in [5, 5.41) is 15.9. The first kappa shape index (κ1) is 25.4. The van der Waals surface area contributed by atoms with Crippen LogP contribution in [0.1, 0.15) is 39.3 Å². The molecule has 2 amide bonds. The van der Waals surface area contributed by atoms with Crippen LogP contribution in [0.15, 0.2) is 18.0 Å². The lowest BCUT2D eigenvalue weighted by Crippen LogP contribution is -2.58. The molecule has 10 nitrogen and oxygen atoms in total. The van der Waals surface area contributed by atoms with Crippen molar-refractivity contribution in [3.63, 3.8) is 0 Å². The van der Waals surface area contributed by atoms with E-state index in [-0.39, 0.29) is 42.6 Å². The molecule has 0 atom stereocenters. The number of hydrogen-bond acceptors (Lipinski definition) is 7. The molecule has 0 unspecified atom stereocenters. The molecule has 4 N–H and O–H groups in total. The predicted octanol–water partition coefficient (Wildman–Crippen LogP) is 2.49. The van der Waals surface area contributed by atoms with Gasteiger partial charge in [-0.25, -0.2) is 13.6 Å². The highest BCUT2D eigenvalue weighted by atomic mass is 19.1. The first-order valence-electron chi connectivity index (χ1n) is 12.6. The van der Waals surface area contributed by atoms with Gasteiger partial charge in [0.2, 0.25) is 0 Å². The van der Waals surface area contributed by atoms with Crippen LogP contribution >= 0.6 is 0 Å². The Labute approximate surface area is 215 Å². The fraction of sp³-hybridized carbons (Fsp3) is 0.600. The van der Waals surface area contributed by atoms with Crippen molar-refractivity contribution in [2.75, 3.05) is 44.7 Å². The van der Waals surface area contributed by atoms with Gasteiger partial charge in [0.05, 0.1) is 53.2 Å². The van der Waals surface area contributed by atoms with Crippen molar-refractivity contribution in [1.82, 2.24) is 29.9 Å². The first-order valence-corrected chi connectivity index (χ1v) is 12.6. The molecule has 12 heteroatoms. The topological polar surface area (TPSA) is 119 Å². The molecule has 37 heavy (non-hydrogen) atoms. The number of nitrogens with zero attached hydrogens (tertiary/aromatic N) is 6. The lowest BCUT2D eigenvalue weighted by atomic mass is 9.99. The maximum atomic E-state index is 14.6. The van der Waals surface area contributed by atoms with Crippen molar-refractivity contribution < 1.29 is 13.6 Å². The van der Waals surface area contributed by atoms with E-state index in [9.17, 15) is 13.6 Å². The number of pyridine rings is 1. The quantitative estimate of drug-likeness (QED) is 0.509. The summed E-state index contributed by atoms with van der Waals surface area (Å²) in [5.41, 5.74) is 4.60. The summed E-state index contributed by atoms with van der Waals surface area (Å²) in [5.74, 6) is 0.543. The van der Waals surface area contributed by atoms with E-state index in [0.717, 1.165) is 32.1 Å². The van der Waals surface area contributed by atoms with Crippen LogP contribution in [0, 0.1) is 5.41 Å². The molecule has 2 aromatic heterocycles. The van der Waals surface area contributed by atoms with Crippen molar-refractivity contribution in [3.8, 4) is 0 Å². The number of alkyl halides is 2. The Morgan fingerprint density at radius 3 is 2.59 bits per heavy atom. The molecule has 2 aliphatic heterocycles. The van der Waals surface area contributed by atoms with Crippen LogP contribution in [-0.2, 0) is 6.54 Å². The maximum absolute atomic E-state index is 14.6. The van der Waals surface area contributed by atoms with Crippen molar-refractivity contribution >= 4 is 34.7 Å². The highest BCUT2D eigenvalue weighted by Crippen LogP contribution is 2.44. The summed E-state index contributed by atoms with van der Waals surface area (Å²) in [6.07, 6.45) is 4.50. The molecule has 200 valence electrons. The summed E-state index contributed by atoms with van der Waals surface area (Å²) in [4.78, 5) is 23.5. The van der Waals surface area contributed by atoms with E-state index in [1.807, 2.05) is 4.90 Å². The number of halogens is 2. The molecule has 1 saturated carbocycles. The van der Waals surface area contributed by atoms with Gasteiger partial charge in [-0.15, -0.1) is 0 Å². The fourth-order valence-electron chi connectivity index (χ4n) is 5.38. The molecule has 1 aliphatic carbocycles.